The van der Waals surface area contributed by atoms with Crippen molar-refractivity contribution in [1.29, 1.82) is 0 Å². The van der Waals surface area contributed by atoms with Gasteiger partial charge < -0.3 is 23.8 Å². The van der Waals surface area contributed by atoms with Gasteiger partial charge >= 0.3 is 5.76 Å². The molecule has 0 bridgehead atoms. The first kappa shape index (κ1) is 22.4. The number of sulfonamides is 1. The Morgan fingerprint density at radius 1 is 1.18 bits per heavy atom. The van der Waals surface area contributed by atoms with Gasteiger partial charge in [-0.1, -0.05) is 0 Å². The minimum absolute atomic E-state index is 0.0254. The lowest BCUT2D eigenvalue weighted by atomic mass is 10.0. The highest BCUT2D eigenvalue weighted by atomic mass is 32.2. The van der Waals surface area contributed by atoms with E-state index < -0.39 is 15.8 Å². The number of anilines is 1. The van der Waals surface area contributed by atoms with Crippen LogP contribution in [-0.2, 0) is 16.6 Å². The smallest absolute Gasteiger partial charge is 0.417 e. The molecule has 1 fully saturated rings. The standard InChI is InChI=1S/C22H25N5O6S/c1-2-31-18-9-13(10-19-20(18)26-22(28)33-19)12-27(14-5-7-24-8-6-14)21-25-16-11-15(34(23,29)30)3-4-17(16)32-21/h3-4,9-11,14,24H,2,5-8,12H2,1H3,(H,26,28)(H2,23,29,30). The van der Waals surface area contributed by atoms with Crippen LogP contribution in [0.4, 0.5) is 6.01 Å². The number of ether oxygens (including phenoxy) is 1. The van der Waals surface area contributed by atoms with Crippen LogP contribution in [0.3, 0.4) is 0 Å². The number of rotatable bonds is 7. The fraction of sp³-hybridized carbons (Fsp3) is 0.364. The van der Waals surface area contributed by atoms with Gasteiger partial charge in [0.15, 0.2) is 11.2 Å². The molecule has 0 unspecified atom stereocenters. The highest BCUT2D eigenvalue weighted by Crippen LogP contribution is 2.31. The molecule has 1 aliphatic heterocycles. The van der Waals surface area contributed by atoms with Crippen molar-refractivity contribution in [3.8, 4) is 5.75 Å². The SMILES string of the molecule is CCOc1cc(CN(c2nc3cc(S(N)(=O)=O)ccc3o2)C2CCNCC2)cc2oc(=O)[nH]c12. The Kier molecular flexibility index (Phi) is 5.80. The van der Waals surface area contributed by atoms with Crippen molar-refractivity contribution in [1.82, 2.24) is 15.3 Å². The molecule has 3 heterocycles. The van der Waals surface area contributed by atoms with E-state index >= 15 is 0 Å². The molecule has 0 saturated carbocycles. The Labute approximate surface area is 194 Å². The highest BCUT2D eigenvalue weighted by Gasteiger charge is 2.26. The number of fused-ring (bicyclic) bond motifs is 2. The molecule has 12 heteroatoms. The van der Waals surface area contributed by atoms with Crippen molar-refractivity contribution >= 4 is 38.2 Å². The molecule has 1 saturated heterocycles. The van der Waals surface area contributed by atoms with Gasteiger partial charge in [-0.15, -0.1) is 0 Å². The zero-order valence-electron chi connectivity index (χ0n) is 18.5. The second-order valence-electron chi connectivity index (χ2n) is 8.19. The monoisotopic (exact) mass is 487 g/mol. The first-order chi connectivity index (χ1) is 16.3. The van der Waals surface area contributed by atoms with E-state index in [-0.39, 0.29) is 10.9 Å². The summed E-state index contributed by atoms with van der Waals surface area (Å²) in [5.41, 5.74) is 2.64. The van der Waals surface area contributed by atoms with Gasteiger partial charge in [0.05, 0.1) is 11.5 Å². The van der Waals surface area contributed by atoms with E-state index in [0.29, 0.717) is 47.1 Å². The summed E-state index contributed by atoms with van der Waals surface area (Å²) in [7, 11) is -3.86. The van der Waals surface area contributed by atoms with Crippen molar-refractivity contribution in [2.45, 2.75) is 37.2 Å². The van der Waals surface area contributed by atoms with E-state index in [1.165, 1.54) is 12.1 Å². The molecular formula is C22H25N5O6S. The summed E-state index contributed by atoms with van der Waals surface area (Å²) in [6.07, 6.45) is 1.75. The maximum Gasteiger partial charge on any atom is 0.417 e. The Balaban J connectivity index is 1.56. The summed E-state index contributed by atoms with van der Waals surface area (Å²) >= 11 is 0. The van der Waals surface area contributed by atoms with Crippen LogP contribution >= 0.6 is 0 Å². The summed E-state index contributed by atoms with van der Waals surface area (Å²) in [6.45, 7) is 4.43. The fourth-order valence-electron chi connectivity index (χ4n) is 4.30. The van der Waals surface area contributed by atoms with Gasteiger partial charge in [-0.05, 0) is 68.8 Å². The molecule has 0 radical (unpaired) electrons. The lowest BCUT2D eigenvalue weighted by molar-refractivity contribution is 0.343. The van der Waals surface area contributed by atoms with E-state index in [1.54, 1.807) is 12.1 Å². The fourth-order valence-corrected chi connectivity index (χ4v) is 4.83. The number of benzene rings is 2. The topological polar surface area (TPSA) is 157 Å². The lowest BCUT2D eigenvalue weighted by Gasteiger charge is -2.33. The number of nitrogens with two attached hydrogens (primary N) is 1. The molecule has 0 spiro atoms. The molecule has 34 heavy (non-hydrogen) atoms. The molecule has 2 aromatic carbocycles. The van der Waals surface area contributed by atoms with Crippen molar-refractivity contribution in [3.05, 3.63) is 46.4 Å². The predicted molar refractivity (Wildman–Crippen MR) is 125 cm³/mol. The van der Waals surface area contributed by atoms with E-state index in [4.69, 9.17) is 18.7 Å². The first-order valence-electron chi connectivity index (χ1n) is 11.0. The van der Waals surface area contributed by atoms with Crippen LogP contribution in [-0.4, -0.2) is 44.1 Å². The van der Waals surface area contributed by atoms with Crippen molar-refractivity contribution < 1.29 is 22.0 Å². The molecular weight excluding hydrogens is 462 g/mol. The molecule has 0 aliphatic carbocycles. The summed E-state index contributed by atoms with van der Waals surface area (Å²) < 4.78 is 40.6. The van der Waals surface area contributed by atoms with Crippen molar-refractivity contribution in [2.24, 2.45) is 5.14 Å². The molecule has 4 N–H and O–H groups in total. The van der Waals surface area contributed by atoms with E-state index in [0.717, 1.165) is 31.5 Å². The van der Waals surface area contributed by atoms with Gasteiger partial charge in [0.2, 0.25) is 10.0 Å². The quantitative estimate of drug-likeness (QED) is 0.355. The summed E-state index contributed by atoms with van der Waals surface area (Å²) in [6, 6.07) is 8.54. The maximum atomic E-state index is 11.8. The van der Waals surface area contributed by atoms with Gasteiger partial charge in [0.1, 0.15) is 16.8 Å². The summed E-state index contributed by atoms with van der Waals surface area (Å²) in [5.74, 6) is -0.0191. The number of aromatic nitrogens is 2. The Morgan fingerprint density at radius 2 is 1.97 bits per heavy atom. The van der Waals surface area contributed by atoms with E-state index in [9.17, 15) is 13.2 Å². The molecule has 1 aliphatic rings. The molecule has 11 nitrogen and oxygen atoms in total. The lowest BCUT2D eigenvalue weighted by Crippen LogP contribution is -2.43. The number of nitrogens with zero attached hydrogens (tertiary/aromatic N) is 2. The normalized spacial score (nSPS) is 15.2. The minimum atomic E-state index is -3.86. The van der Waals surface area contributed by atoms with Gasteiger partial charge in [-0.3, -0.25) is 4.98 Å². The highest BCUT2D eigenvalue weighted by molar-refractivity contribution is 7.89. The number of hydrogen-bond acceptors (Lipinski definition) is 9. The maximum absolute atomic E-state index is 11.8. The van der Waals surface area contributed by atoms with Crippen LogP contribution in [0, 0.1) is 0 Å². The summed E-state index contributed by atoms with van der Waals surface area (Å²) in [5, 5.41) is 8.63. The van der Waals surface area contributed by atoms with Gasteiger partial charge in [0, 0.05) is 12.6 Å². The third kappa shape index (κ3) is 4.39. The number of H-pyrrole nitrogens is 1. The molecule has 4 aromatic rings. The third-order valence-corrected chi connectivity index (χ3v) is 6.79. The zero-order valence-corrected chi connectivity index (χ0v) is 19.4. The van der Waals surface area contributed by atoms with Crippen molar-refractivity contribution in [2.75, 3.05) is 24.6 Å². The average molecular weight is 488 g/mol. The number of oxazole rings is 2. The van der Waals surface area contributed by atoms with E-state index in [1.807, 2.05) is 13.0 Å². The predicted octanol–water partition coefficient (Wildman–Crippen LogP) is 2.07. The number of aromatic amines is 1. The van der Waals surface area contributed by atoms with Crippen LogP contribution in [0.25, 0.3) is 22.2 Å². The minimum Gasteiger partial charge on any atom is -0.492 e. The van der Waals surface area contributed by atoms with Gasteiger partial charge in [-0.25, -0.2) is 18.4 Å². The van der Waals surface area contributed by atoms with Crippen LogP contribution in [0.15, 0.2) is 48.9 Å². The van der Waals surface area contributed by atoms with Crippen LogP contribution in [0.5, 0.6) is 5.75 Å². The summed E-state index contributed by atoms with van der Waals surface area (Å²) in [4.78, 5) is 21.1. The third-order valence-electron chi connectivity index (χ3n) is 5.88. The second-order valence-corrected chi connectivity index (χ2v) is 9.76. The number of hydrogen-bond donors (Lipinski definition) is 3. The zero-order chi connectivity index (χ0) is 23.9. The van der Waals surface area contributed by atoms with Crippen molar-refractivity contribution in [3.63, 3.8) is 0 Å². The average Bonchev–Trinajstić information content (AvgIpc) is 3.39. The first-order valence-corrected chi connectivity index (χ1v) is 12.6. The van der Waals surface area contributed by atoms with Crippen LogP contribution < -0.4 is 25.8 Å². The van der Waals surface area contributed by atoms with E-state index in [2.05, 4.69) is 20.2 Å². The van der Waals surface area contributed by atoms with Crippen LogP contribution in [0.2, 0.25) is 0 Å². The Morgan fingerprint density at radius 3 is 2.71 bits per heavy atom. The molecule has 0 amide bonds. The number of piperidine rings is 1. The van der Waals surface area contributed by atoms with Gasteiger partial charge in [0.25, 0.3) is 6.01 Å². The second kappa shape index (κ2) is 8.78. The number of nitrogens with one attached hydrogen (secondary N) is 2. The molecule has 5 rings (SSSR count). The van der Waals surface area contributed by atoms with Crippen LogP contribution in [0.1, 0.15) is 25.3 Å². The molecule has 180 valence electrons. The van der Waals surface area contributed by atoms with Gasteiger partial charge in [-0.2, -0.15) is 4.98 Å². The largest absolute Gasteiger partial charge is 0.492 e. The number of primary sulfonamides is 1. The molecule has 0 atom stereocenters. The molecule has 2 aromatic heterocycles. The Hall–Kier alpha value is -3.35. The Bertz CT molecular complexity index is 1500.